The molecule has 3 aromatic heterocycles. The lowest BCUT2D eigenvalue weighted by atomic mass is 10.2. The van der Waals surface area contributed by atoms with Gasteiger partial charge in [0, 0.05) is 6.20 Å². The van der Waals surface area contributed by atoms with Crippen molar-refractivity contribution in [3.8, 4) is 17.6 Å². The van der Waals surface area contributed by atoms with Crippen LogP contribution < -0.4 is 9.47 Å². The number of nitrogens with zero attached hydrogens (tertiary/aromatic N) is 6. The molecular weight excluding hydrogens is 457 g/mol. The number of aromatic nitrogens is 6. The standard InChI is InChI=1S/C21H19F3N6O4/c1-3-33-19(31)13-10-25-30(12-13)20-27-15-11-26-29(17(15)18(28-20)32-2)8-9-34-16-7-5-4-6-14(16)21(22,23)24/h4-7,10-12H,3,8-9H2,1-2H3. The molecule has 34 heavy (non-hydrogen) atoms. The molecule has 10 nitrogen and oxygen atoms in total. The summed E-state index contributed by atoms with van der Waals surface area (Å²) in [6, 6.07) is 4.98. The zero-order chi connectivity index (χ0) is 24.3. The Morgan fingerprint density at radius 1 is 1.12 bits per heavy atom. The zero-order valence-corrected chi connectivity index (χ0v) is 18.1. The lowest BCUT2D eigenvalue weighted by Gasteiger charge is -2.14. The summed E-state index contributed by atoms with van der Waals surface area (Å²) in [7, 11) is 1.41. The molecule has 0 aliphatic rings. The molecule has 4 rings (SSSR count). The summed E-state index contributed by atoms with van der Waals surface area (Å²) in [5.41, 5.74) is 0.214. The van der Waals surface area contributed by atoms with Crippen LogP contribution in [0.15, 0.2) is 42.9 Å². The maximum atomic E-state index is 13.2. The van der Waals surface area contributed by atoms with Crippen LogP contribution in [0, 0.1) is 0 Å². The number of fused-ring (bicyclic) bond motifs is 1. The average Bonchev–Trinajstić information content (AvgIpc) is 3.46. The summed E-state index contributed by atoms with van der Waals surface area (Å²) < 4.78 is 57.9. The third-order valence-electron chi connectivity index (χ3n) is 4.69. The topological polar surface area (TPSA) is 106 Å². The summed E-state index contributed by atoms with van der Waals surface area (Å²) in [5, 5.41) is 8.31. The fourth-order valence-electron chi connectivity index (χ4n) is 3.19. The second kappa shape index (κ2) is 9.37. The molecule has 178 valence electrons. The Labute approximate surface area is 190 Å². The van der Waals surface area contributed by atoms with Crippen LogP contribution in [-0.4, -0.2) is 55.8 Å². The van der Waals surface area contributed by atoms with E-state index in [-0.39, 0.29) is 42.9 Å². The molecule has 0 radical (unpaired) electrons. The molecule has 0 fully saturated rings. The third-order valence-corrected chi connectivity index (χ3v) is 4.69. The van der Waals surface area contributed by atoms with Gasteiger partial charge in [0.25, 0.3) is 5.95 Å². The van der Waals surface area contributed by atoms with Gasteiger partial charge in [0.05, 0.1) is 43.8 Å². The number of carbonyl (C=O) groups excluding carboxylic acids is 1. The van der Waals surface area contributed by atoms with Crippen LogP contribution >= 0.6 is 0 Å². The van der Waals surface area contributed by atoms with Gasteiger partial charge in [-0.25, -0.2) is 14.5 Å². The van der Waals surface area contributed by atoms with Gasteiger partial charge in [0.15, 0.2) is 0 Å². The Kier molecular flexibility index (Phi) is 6.34. The minimum atomic E-state index is -4.53. The number of hydrogen-bond donors (Lipinski definition) is 0. The maximum absolute atomic E-state index is 13.2. The van der Waals surface area contributed by atoms with Crippen molar-refractivity contribution >= 4 is 17.0 Å². The number of methoxy groups -OCH3 is 1. The van der Waals surface area contributed by atoms with Gasteiger partial charge in [-0.2, -0.15) is 28.4 Å². The van der Waals surface area contributed by atoms with E-state index in [0.717, 1.165) is 6.07 Å². The van der Waals surface area contributed by atoms with Gasteiger partial charge in [-0.05, 0) is 19.1 Å². The normalized spacial score (nSPS) is 11.6. The number of benzene rings is 1. The van der Waals surface area contributed by atoms with E-state index in [0.29, 0.717) is 11.0 Å². The average molecular weight is 476 g/mol. The third kappa shape index (κ3) is 4.63. The molecule has 4 aromatic rings. The largest absolute Gasteiger partial charge is 0.491 e. The fraction of sp³-hybridized carbons (Fsp3) is 0.286. The lowest BCUT2D eigenvalue weighted by molar-refractivity contribution is -0.139. The van der Waals surface area contributed by atoms with Gasteiger partial charge in [-0.3, -0.25) is 4.68 Å². The number of para-hydroxylation sites is 1. The molecule has 0 aliphatic heterocycles. The first-order valence-corrected chi connectivity index (χ1v) is 10.1. The number of alkyl halides is 3. The minimum absolute atomic E-state index is 0.0865. The predicted molar refractivity (Wildman–Crippen MR) is 112 cm³/mol. The van der Waals surface area contributed by atoms with Crippen LogP contribution in [0.25, 0.3) is 17.0 Å². The molecular formula is C21H19F3N6O4. The van der Waals surface area contributed by atoms with Gasteiger partial charge in [0.1, 0.15) is 23.4 Å². The second-order valence-electron chi connectivity index (χ2n) is 6.87. The minimum Gasteiger partial charge on any atom is -0.491 e. The van der Waals surface area contributed by atoms with Crippen LogP contribution in [0.2, 0.25) is 0 Å². The molecule has 3 heterocycles. The van der Waals surface area contributed by atoms with Crippen molar-refractivity contribution in [3.63, 3.8) is 0 Å². The molecule has 0 atom stereocenters. The number of rotatable bonds is 8. The SMILES string of the molecule is CCOC(=O)c1cnn(-c2nc(OC)c3c(cnn3CCOc3ccccc3C(F)(F)F)n2)c1. The van der Waals surface area contributed by atoms with Crippen LogP contribution in [0.4, 0.5) is 13.2 Å². The first-order valence-electron chi connectivity index (χ1n) is 10.1. The Morgan fingerprint density at radius 2 is 1.91 bits per heavy atom. The zero-order valence-electron chi connectivity index (χ0n) is 18.1. The first kappa shape index (κ1) is 23.0. The van der Waals surface area contributed by atoms with E-state index in [1.165, 1.54) is 53.3 Å². The summed E-state index contributed by atoms with van der Waals surface area (Å²) in [6.07, 6.45) is -0.308. The van der Waals surface area contributed by atoms with Crippen molar-refractivity contribution in [1.29, 1.82) is 0 Å². The quantitative estimate of drug-likeness (QED) is 0.357. The highest BCUT2D eigenvalue weighted by molar-refractivity contribution is 5.88. The van der Waals surface area contributed by atoms with Crippen LogP contribution in [0.5, 0.6) is 11.6 Å². The smallest absolute Gasteiger partial charge is 0.419 e. The van der Waals surface area contributed by atoms with E-state index >= 15 is 0 Å². The monoisotopic (exact) mass is 476 g/mol. The van der Waals surface area contributed by atoms with Gasteiger partial charge < -0.3 is 14.2 Å². The van der Waals surface area contributed by atoms with Crippen molar-refractivity contribution in [2.45, 2.75) is 19.6 Å². The lowest BCUT2D eigenvalue weighted by Crippen LogP contribution is -2.13. The summed E-state index contributed by atoms with van der Waals surface area (Å²) in [5.74, 6) is -0.495. The predicted octanol–water partition coefficient (Wildman–Crippen LogP) is 3.30. The Morgan fingerprint density at radius 3 is 2.65 bits per heavy atom. The van der Waals surface area contributed by atoms with E-state index in [9.17, 15) is 18.0 Å². The van der Waals surface area contributed by atoms with Crippen molar-refractivity contribution in [2.75, 3.05) is 20.3 Å². The van der Waals surface area contributed by atoms with E-state index in [2.05, 4.69) is 20.2 Å². The summed E-state index contributed by atoms with van der Waals surface area (Å²) in [6.45, 7) is 1.95. The Bertz CT molecular complexity index is 1320. The highest BCUT2D eigenvalue weighted by Gasteiger charge is 2.34. The van der Waals surface area contributed by atoms with E-state index in [1.807, 2.05) is 0 Å². The van der Waals surface area contributed by atoms with Gasteiger partial charge >= 0.3 is 12.1 Å². The molecule has 0 unspecified atom stereocenters. The van der Waals surface area contributed by atoms with Crippen LogP contribution in [0.1, 0.15) is 22.8 Å². The first-order chi connectivity index (χ1) is 16.3. The molecule has 0 aliphatic carbocycles. The Hall–Kier alpha value is -4.16. The van der Waals surface area contributed by atoms with Crippen molar-refractivity contribution < 1.29 is 32.2 Å². The molecule has 0 amide bonds. The molecule has 0 N–H and O–H groups in total. The van der Waals surface area contributed by atoms with Crippen molar-refractivity contribution in [2.24, 2.45) is 0 Å². The maximum Gasteiger partial charge on any atom is 0.419 e. The highest BCUT2D eigenvalue weighted by atomic mass is 19.4. The van der Waals surface area contributed by atoms with Gasteiger partial charge in [-0.15, -0.1) is 0 Å². The summed E-state index contributed by atoms with van der Waals surface area (Å²) in [4.78, 5) is 20.6. The van der Waals surface area contributed by atoms with E-state index < -0.39 is 17.7 Å². The van der Waals surface area contributed by atoms with Crippen molar-refractivity contribution in [3.05, 3.63) is 54.0 Å². The molecule has 1 aromatic carbocycles. The summed E-state index contributed by atoms with van der Waals surface area (Å²) >= 11 is 0. The van der Waals surface area contributed by atoms with Crippen LogP contribution in [-0.2, 0) is 17.5 Å². The second-order valence-corrected chi connectivity index (χ2v) is 6.87. The van der Waals surface area contributed by atoms with E-state index in [1.54, 1.807) is 6.92 Å². The molecule has 0 saturated carbocycles. The molecule has 0 bridgehead atoms. The van der Waals surface area contributed by atoms with Gasteiger partial charge in [-0.1, -0.05) is 12.1 Å². The Balaban J connectivity index is 1.56. The van der Waals surface area contributed by atoms with E-state index in [4.69, 9.17) is 14.2 Å². The van der Waals surface area contributed by atoms with Crippen molar-refractivity contribution in [1.82, 2.24) is 29.5 Å². The number of hydrogen-bond acceptors (Lipinski definition) is 8. The fourth-order valence-corrected chi connectivity index (χ4v) is 3.19. The number of carbonyl (C=O) groups is 1. The highest BCUT2D eigenvalue weighted by Crippen LogP contribution is 2.36. The van der Waals surface area contributed by atoms with Crippen LogP contribution in [0.3, 0.4) is 0 Å². The number of esters is 1. The van der Waals surface area contributed by atoms with Gasteiger partial charge in [0.2, 0.25) is 5.88 Å². The number of halogens is 3. The molecule has 13 heteroatoms. The number of ether oxygens (including phenoxy) is 3. The molecule has 0 saturated heterocycles. The molecule has 0 spiro atoms.